The molecule has 2 unspecified atom stereocenters. The van der Waals surface area contributed by atoms with Crippen molar-refractivity contribution in [2.45, 2.75) is 19.9 Å². The lowest BCUT2D eigenvalue weighted by Crippen LogP contribution is -2.23. The highest BCUT2D eigenvalue weighted by Gasteiger charge is 2.21. The van der Waals surface area contributed by atoms with E-state index in [4.69, 9.17) is 5.26 Å². The monoisotopic (exact) mass is 162 g/mol. The van der Waals surface area contributed by atoms with E-state index in [2.05, 4.69) is 4.99 Å². The molecule has 0 aromatic rings. The molecule has 1 rings (SSSR count). The molecule has 3 nitrogen and oxygen atoms in total. The van der Waals surface area contributed by atoms with Crippen molar-refractivity contribution in [3.05, 3.63) is 11.6 Å². The molecule has 0 saturated heterocycles. The van der Waals surface area contributed by atoms with Crippen LogP contribution in [-0.2, 0) is 4.79 Å². The van der Waals surface area contributed by atoms with Gasteiger partial charge in [-0.15, -0.1) is 0 Å². The zero-order valence-electron chi connectivity index (χ0n) is 7.11. The van der Waals surface area contributed by atoms with Gasteiger partial charge in [0.1, 0.15) is 11.9 Å². The van der Waals surface area contributed by atoms with E-state index in [-0.39, 0.29) is 17.7 Å². The number of allylic oxidation sites excluding steroid dienone is 1. The second-order valence-electron chi connectivity index (χ2n) is 2.89. The summed E-state index contributed by atoms with van der Waals surface area (Å²) in [5.74, 6) is -0.156. The number of hydrogen-bond acceptors (Lipinski definition) is 3. The van der Waals surface area contributed by atoms with Gasteiger partial charge in [0.05, 0.1) is 17.5 Å². The standard InChI is InChI=1S/C9H10N2O/c1-6-9(7(2)12)3-8(4-10)5-11-6/h3,5-6,9H,1-2H3. The third kappa shape index (κ3) is 1.59. The zero-order valence-corrected chi connectivity index (χ0v) is 7.11. The smallest absolute Gasteiger partial charge is 0.138 e. The Bertz CT molecular complexity index is 296. The van der Waals surface area contributed by atoms with Gasteiger partial charge in [0.2, 0.25) is 0 Å². The van der Waals surface area contributed by atoms with Crippen molar-refractivity contribution in [1.29, 1.82) is 5.26 Å². The molecule has 1 aliphatic heterocycles. The van der Waals surface area contributed by atoms with Crippen LogP contribution < -0.4 is 0 Å². The lowest BCUT2D eigenvalue weighted by Gasteiger charge is -2.17. The molecule has 0 saturated carbocycles. The predicted molar refractivity (Wildman–Crippen MR) is 45.8 cm³/mol. The molecule has 0 aromatic carbocycles. The van der Waals surface area contributed by atoms with Crippen molar-refractivity contribution in [2.24, 2.45) is 10.9 Å². The highest BCUT2D eigenvalue weighted by atomic mass is 16.1. The van der Waals surface area contributed by atoms with Crippen LogP contribution in [0.2, 0.25) is 0 Å². The van der Waals surface area contributed by atoms with Crippen LogP contribution in [0.3, 0.4) is 0 Å². The number of Topliss-reactive ketones (excluding diaryl/α,β-unsaturated/α-hetero) is 1. The molecule has 12 heavy (non-hydrogen) atoms. The SMILES string of the molecule is CC(=O)C1C=C(C#N)C=NC1C. The largest absolute Gasteiger partial charge is 0.299 e. The number of hydrogen-bond donors (Lipinski definition) is 0. The molecule has 0 bridgehead atoms. The molecule has 0 N–H and O–H groups in total. The van der Waals surface area contributed by atoms with E-state index in [0.29, 0.717) is 5.57 Å². The topological polar surface area (TPSA) is 53.2 Å². The van der Waals surface area contributed by atoms with Crippen molar-refractivity contribution >= 4 is 12.0 Å². The lowest BCUT2D eigenvalue weighted by molar-refractivity contribution is -0.119. The third-order valence-electron chi connectivity index (χ3n) is 1.93. The maximum atomic E-state index is 11.0. The van der Waals surface area contributed by atoms with Crippen LogP contribution >= 0.6 is 0 Å². The fraction of sp³-hybridized carbons (Fsp3) is 0.444. The summed E-state index contributed by atoms with van der Waals surface area (Å²) in [4.78, 5) is 15.1. The summed E-state index contributed by atoms with van der Waals surface area (Å²) in [5.41, 5.74) is 0.480. The van der Waals surface area contributed by atoms with Gasteiger partial charge in [0.25, 0.3) is 0 Å². The van der Waals surface area contributed by atoms with Crippen LogP contribution in [0.4, 0.5) is 0 Å². The highest BCUT2D eigenvalue weighted by Crippen LogP contribution is 2.16. The molecule has 0 spiro atoms. The van der Waals surface area contributed by atoms with Gasteiger partial charge >= 0.3 is 0 Å². The first kappa shape index (κ1) is 8.66. The first-order valence-corrected chi connectivity index (χ1v) is 3.80. The molecule has 0 aromatic heterocycles. The number of ketones is 1. The predicted octanol–water partition coefficient (Wildman–Crippen LogP) is 1.11. The van der Waals surface area contributed by atoms with Gasteiger partial charge < -0.3 is 0 Å². The molecule has 3 heteroatoms. The molecular weight excluding hydrogens is 152 g/mol. The average molecular weight is 162 g/mol. The van der Waals surface area contributed by atoms with E-state index in [9.17, 15) is 4.79 Å². The Labute approximate surface area is 71.4 Å². The summed E-state index contributed by atoms with van der Waals surface area (Å²) in [6.07, 6.45) is 3.20. The molecule has 1 aliphatic rings. The number of nitriles is 1. The van der Waals surface area contributed by atoms with Gasteiger partial charge in [-0.25, -0.2) is 0 Å². The van der Waals surface area contributed by atoms with Crippen molar-refractivity contribution in [1.82, 2.24) is 0 Å². The van der Waals surface area contributed by atoms with Crippen LogP contribution in [0.25, 0.3) is 0 Å². The summed E-state index contributed by atoms with van der Waals surface area (Å²) < 4.78 is 0. The second kappa shape index (κ2) is 3.31. The van der Waals surface area contributed by atoms with Crippen LogP contribution in [0, 0.1) is 17.2 Å². The third-order valence-corrected chi connectivity index (χ3v) is 1.93. The van der Waals surface area contributed by atoms with E-state index in [1.807, 2.05) is 13.0 Å². The molecule has 62 valence electrons. The normalized spacial score (nSPS) is 27.6. The summed E-state index contributed by atoms with van der Waals surface area (Å²) >= 11 is 0. The van der Waals surface area contributed by atoms with Crippen molar-refractivity contribution in [2.75, 3.05) is 0 Å². The first-order valence-electron chi connectivity index (χ1n) is 3.80. The van der Waals surface area contributed by atoms with Crippen molar-refractivity contribution in [3.8, 4) is 6.07 Å². The number of carbonyl (C=O) groups excluding carboxylic acids is 1. The maximum absolute atomic E-state index is 11.0. The molecule has 0 aliphatic carbocycles. The quantitative estimate of drug-likeness (QED) is 0.580. The summed E-state index contributed by atoms with van der Waals surface area (Å²) in [7, 11) is 0. The van der Waals surface area contributed by atoms with Gasteiger partial charge in [-0.2, -0.15) is 5.26 Å². The molecule has 0 radical (unpaired) electrons. The van der Waals surface area contributed by atoms with Crippen molar-refractivity contribution in [3.63, 3.8) is 0 Å². The molecule has 0 fully saturated rings. The maximum Gasteiger partial charge on any atom is 0.138 e. The Hall–Kier alpha value is -1.43. The van der Waals surface area contributed by atoms with Gasteiger partial charge in [-0.3, -0.25) is 9.79 Å². The number of aliphatic imine (C=N–C) groups is 1. The van der Waals surface area contributed by atoms with E-state index < -0.39 is 0 Å². The van der Waals surface area contributed by atoms with Gasteiger partial charge in [0, 0.05) is 6.21 Å². The Kier molecular flexibility index (Phi) is 2.39. The summed E-state index contributed by atoms with van der Waals surface area (Å²) in [6.45, 7) is 3.39. The fourth-order valence-electron chi connectivity index (χ4n) is 1.19. The Morgan fingerprint density at radius 1 is 1.75 bits per heavy atom. The average Bonchev–Trinajstić information content (AvgIpc) is 2.05. The van der Waals surface area contributed by atoms with Crippen LogP contribution in [-0.4, -0.2) is 18.0 Å². The van der Waals surface area contributed by atoms with E-state index in [1.165, 1.54) is 13.1 Å². The number of dihydropyridines is 1. The Morgan fingerprint density at radius 3 is 2.92 bits per heavy atom. The van der Waals surface area contributed by atoms with Crippen molar-refractivity contribution < 1.29 is 4.79 Å². The van der Waals surface area contributed by atoms with E-state index in [0.717, 1.165) is 0 Å². The van der Waals surface area contributed by atoms with Crippen LogP contribution in [0.1, 0.15) is 13.8 Å². The number of carbonyl (C=O) groups is 1. The minimum absolute atomic E-state index is 0.0281. The minimum atomic E-state index is -0.218. The summed E-state index contributed by atoms with van der Waals surface area (Å²) in [6, 6.07) is 1.94. The number of nitrogens with zero attached hydrogens (tertiary/aromatic N) is 2. The molecule has 0 amide bonds. The van der Waals surface area contributed by atoms with Gasteiger partial charge in [-0.05, 0) is 13.8 Å². The highest BCUT2D eigenvalue weighted by molar-refractivity contribution is 5.89. The lowest BCUT2D eigenvalue weighted by atomic mass is 9.93. The summed E-state index contributed by atoms with van der Waals surface area (Å²) in [5, 5.41) is 8.56. The van der Waals surface area contributed by atoms with E-state index in [1.54, 1.807) is 6.08 Å². The van der Waals surface area contributed by atoms with Gasteiger partial charge in [-0.1, -0.05) is 6.08 Å². The molecule has 1 heterocycles. The van der Waals surface area contributed by atoms with Crippen LogP contribution in [0.15, 0.2) is 16.6 Å². The van der Waals surface area contributed by atoms with Crippen LogP contribution in [0.5, 0.6) is 0 Å². The molecule has 2 atom stereocenters. The Morgan fingerprint density at radius 2 is 2.42 bits per heavy atom. The first-order chi connectivity index (χ1) is 5.65. The molecular formula is C9H10N2O. The second-order valence-corrected chi connectivity index (χ2v) is 2.89. The van der Waals surface area contributed by atoms with E-state index >= 15 is 0 Å². The fourth-order valence-corrected chi connectivity index (χ4v) is 1.19. The Balaban J connectivity index is 2.90. The number of rotatable bonds is 1. The minimum Gasteiger partial charge on any atom is -0.299 e. The van der Waals surface area contributed by atoms with Gasteiger partial charge in [0.15, 0.2) is 0 Å². The zero-order chi connectivity index (χ0) is 9.14.